The van der Waals surface area contributed by atoms with Gasteiger partial charge in [-0.25, -0.2) is 0 Å². The average molecular weight is 319 g/mol. The van der Waals surface area contributed by atoms with Gasteiger partial charge in [-0.1, -0.05) is 0 Å². The van der Waals surface area contributed by atoms with E-state index in [0.717, 1.165) is 38.2 Å². The quantitative estimate of drug-likeness (QED) is 0.883. The molecule has 0 unspecified atom stereocenters. The van der Waals surface area contributed by atoms with Gasteiger partial charge in [0.2, 0.25) is 0 Å². The fourth-order valence-corrected chi connectivity index (χ4v) is 3.52. The van der Waals surface area contributed by atoms with Crippen molar-refractivity contribution in [2.75, 3.05) is 32.8 Å². The van der Waals surface area contributed by atoms with E-state index in [1.165, 1.54) is 0 Å². The van der Waals surface area contributed by atoms with Gasteiger partial charge in [-0.05, 0) is 38.8 Å². The van der Waals surface area contributed by atoms with E-state index in [2.05, 4.69) is 16.8 Å². The third kappa shape index (κ3) is 3.64. The third-order valence-corrected chi connectivity index (χ3v) is 4.83. The predicted molar refractivity (Wildman–Crippen MR) is 87.7 cm³/mol. The monoisotopic (exact) mass is 319 g/mol. The summed E-state index contributed by atoms with van der Waals surface area (Å²) in [6.07, 6.45) is 2.21. The van der Waals surface area contributed by atoms with Crippen LogP contribution in [0.4, 0.5) is 0 Å². The molecule has 1 atom stereocenters. The number of aromatic amines is 1. The molecule has 3 rings (SSSR count). The van der Waals surface area contributed by atoms with Gasteiger partial charge in [0.1, 0.15) is 5.56 Å². The number of aromatic nitrogens is 1. The van der Waals surface area contributed by atoms with E-state index in [9.17, 15) is 9.59 Å². The Hall–Kier alpha value is -1.66. The molecule has 126 valence electrons. The van der Waals surface area contributed by atoms with Crippen molar-refractivity contribution in [1.82, 2.24) is 14.8 Å². The fraction of sp³-hybridized carbons (Fsp3) is 0.647. The lowest BCUT2D eigenvalue weighted by molar-refractivity contribution is -0.0423. The second kappa shape index (κ2) is 6.84. The first-order valence-corrected chi connectivity index (χ1v) is 8.39. The smallest absolute Gasteiger partial charge is 0.260 e. The summed E-state index contributed by atoms with van der Waals surface area (Å²) in [5, 5.41) is 0. The summed E-state index contributed by atoms with van der Waals surface area (Å²) in [5.41, 5.74) is 0.722. The van der Waals surface area contributed by atoms with Crippen molar-refractivity contribution < 1.29 is 9.53 Å². The summed E-state index contributed by atoms with van der Waals surface area (Å²) in [6, 6.07) is 3.92. The molecule has 1 aromatic heterocycles. The van der Waals surface area contributed by atoms with Gasteiger partial charge < -0.3 is 14.6 Å². The first kappa shape index (κ1) is 16.2. The molecule has 3 heterocycles. The molecule has 2 aliphatic heterocycles. The summed E-state index contributed by atoms with van der Waals surface area (Å²) in [7, 11) is 0. The Bertz CT molecular complexity index is 620. The van der Waals surface area contributed by atoms with Gasteiger partial charge in [0.15, 0.2) is 0 Å². The maximum Gasteiger partial charge on any atom is 0.260 e. The summed E-state index contributed by atoms with van der Waals surface area (Å²) < 4.78 is 5.59. The number of H-pyrrole nitrogens is 1. The number of morpholine rings is 1. The van der Waals surface area contributed by atoms with Gasteiger partial charge in [-0.3, -0.25) is 14.5 Å². The molecule has 1 amide bonds. The van der Waals surface area contributed by atoms with Crippen LogP contribution in [0.25, 0.3) is 0 Å². The molecular weight excluding hydrogens is 294 g/mol. The van der Waals surface area contributed by atoms with Crippen LogP contribution in [-0.2, 0) is 4.74 Å². The van der Waals surface area contributed by atoms with Crippen molar-refractivity contribution in [1.29, 1.82) is 0 Å². The number of likely N-dealkylation sites (tertiary alicyclic amines) is 1. The minimum absolute atomic E-state index is 0.153. The van der Waals surface area contributed by atoms with Crippen LogP contribution in [0.2, 0.25) is 0 Å². The van der Waals surface area contributed by atoms with E-state index in [1.807, 2.05) is 6.92 Å². The molecular formula is C17H25N3O3. The van der Waals surface area contributed by atoms with E-state index in [-0.39, 0.29) is 23.1 Å². The Labute approximate surface area is 136 Å². The van der Waals surface area contributed by atoms with Gasteiger partial charge in [0.25, 0.3) is 11.5 Å². The Morgan fingerprint density at radius 3 is 2.65 bits per heavy atom. The lowest BCUT2D eigenvalue weighted by Crippen LogP contribution is -2.52. The zero-order chi connectivity index (χ0) is 16.4. The van der Waals surface area contributed by atoms with Crippen LogP contribution in [0, 0.1) is 6.92 Å². The third-order valence-electron chi connectivity index (χ3n) is 4.83. The van der Waals surface area contributed by atoms with Crippen LogP contribution < -0.4 is 5.56 Å². The standard InChI is InChI=1S/C17H25N3O3/c1-12-3-4-15(16(21)18-12)17(22)19-7-5-14(6-8-19)20-9-10-23-13(2)11-20/h3-4,13-14H,5-11H2,1-2H3,(H,18,21)/t13-/m0/s1. The number of rotatable bonds is 2. The molecule has 0 radical (unpaired) electrons. The molecule has 6 heteroatoms. The Morgan fingerprint density at radius 1 is 1.26 bits per heavy atom. The summed E-state index contributed by atoms with van der Waals surface area (Å²) >= 11 is 0. The molecule has 2 fully saturated rings. The zero-order valence-corrected chi connectivity index (χ0v) is 13.9. The van der Waals surface area contributed by atoms with Gasteiger partial charge in [0.05, 0.1) is 12.7 Å². The molecule has 0 aromatic carbocycles. The van der Waals surface area contributed by atoms with Gasteiger partial charge in [0, 0.05) is 37.9 Å². The van der Waals surface area contributed by atoms with E-state index in [4.69, 9.17) is 4.74 Å². The summed E-state index contributed by atoms with van der Waals surface area (Å²) in [6.45, 7) is 8.07. The van der Waals surface area contributed by atoms with E-state index in [1.54, 1.807) is 17.0 Å². The second-order valence-corrected chi connectivity index (χ2v) is 6.58. The van der Waals surface area contributed by atoms with Gasteiger partial charge in [-0.2, -0.15) is 0 Å². The second-order valence-electron chi connectivity index (χ2n) is 6.58. The highest BCUT2D eigenvalue weighted by molar-refractivity contribution is 5.93. The minimum atomic E-state index is -0.292. The maximum atomic E-state index is 12.5. The molecule has 0 spiro atoms. The van der Waals surface area contributed by atoms with Gasteiger partial charge >= 0.3 is 0 Å². The number of hydrogen-bond acceptors (Lipinski definition) is 4. The summed E-state index contributed by atoms with van der Waals surface area (Å²) in [5.74, 6) is -0.153. The molecule has 0 aliphatic carbocycles. The predicted octanol–water partition coefficient (Wildman–Crippen LogP) is 1.01. The number of nitrogens with one attached hydrogen (secondary N) is 1. The number of carbonyl (C=O) groups excluding carboxylic acids is 1. The fourth-order valence-electron chi connectivity index (χ4n) is 3.52. The van der Waals surface area contributed by atoms with Crippen LogP contribution >= 0.6 is 0 Å². The lowest BCUT2D eigenvalue weighted by Gasteiger charge is -2.41. The topological polar surface area (TPSA) is 65.6 Å². The number of amides is 1. The maximum absolute atomic E-state index is 12.5. The van der Waals surface area contributed by atoms with Crippen LogP contribution in [0.1, 0.15) is 35.8 Å². The first-order chi connectivity index (χ1) is 11.0. The number of piperidine rings is 1. The highest BCUT2D eigenvalue weighted by Crippen LogP contribution is 2.20. The van der Waals surface area contributed by atoms with Crippen molar-refractivity contribution in [2.45, 2.75) is 38.8 Å². The number of aryl methyl sites for hydroxylation is 1. The van der Waals surface area contributed by atoms with E-state index >= 15 is 0 Å². The summed E-state index contributed by atoms with van der Waals surface area (Å²) in [4.78, 5) is 31.5. The van der Waals surface area contributed by atoms with Crippen LogP contribution in [0.15, 0.2) is 16.9 Å². The largest absolute Gasteiger partial charge is 0.376 e. The van der Waals surface area contributed by atoms with Gasteiger partial charge in [-0.15, -0.1) is 0 Å². The number of ether oxygens (including phenoxy) is 1. The van der Waals surface area contributed by atoms with E-state index < -0.39 is 0 Å². The van der Waals surface area contributed by atoms with Crippen LogP contribution in [0.3, 0.4) is 0 Å². The molecule has 1 N–H and O–H groups in total. The highest BCUT2D eigenvalue weighted by Gasteiger charge is 2.30. The van der Waals surface area contributed by atoms with Crippen molar-refractivity contribution in [2.24, 2.45) is 0 Å². The SMILES string of the molecule is Cc1ccc(C(=O)N2CCC(N3CCO[C@@H](C)C3)CC2)c(=O)[nH]1. The Morgan fingerprint density at radius 2 is 2.00 bits per heavy atom. The molecule has 0 saturated carbocycles. The van der Waals surface area contributed by atoms with Crippen molar-refractivity contribution in [3.05, 3.63) is 33.7 Å². The molecule has 2 aliphatic rings. The van der Waals surface area contributed by atoms with E-state index in [0.29, 0.717) is 19.1 Å². The average Bonchev–Trinajstić information content (AvgIpc) is 2.54. The first-order valence-electron chi connectivity index (χ1n) is 8.39. The number of carbonyl (C=O) groups is 1. The normalized spacial score (nSPS) is 23.9. The number of hydrogen-bond donors (Lipinski definition) is 1. The molecule has 1 aromatic rings. The van der Waals surface area contributed by atoms with Crippen molar-refractivity contribution >= 4 is 5.91 Å². The Balaban J connectivity index is 1.60. The minimum Gasteiger partial charge on any atom is -0.376 e. The van der Waals surface area contributed by atoms with Crippen LogP contribution in [-0.4, -0.2) is 65.6 Å². The van der Waals surface area contributed by atoms with Crippen molar-refractivity contribution in [3.8, 4) is 0 Å². The number of pyridine rings is 1. The lowest BCUT2D eigenvalue weighted by atomic mass is 10.0. The highest BCUT2D eigenvalue weighted by atomic mass is 16.5. The molecule has 2 saturated heterocycles. The van der Waals surface area contributed by atoms with Crippen LogP contribution in [0.5, 0.6) is 0 Å². The zero-order valence-electron chi connectivity index (χ0n) is 13.9. The number of nitrogens with zero attached hydrogens (tertiary/aromatic N) is 2. The molecule has 6 nitrogen and oxygen atoms in total. The molecule has 0 bridgehead atoms. The Kier molecular flexibility index (Phi) is 4.82. The molecule has 23 heavy (non-hydrogen) atoms. The van der Waals surface area contributed by atoms with Crippen molar-refractivity contribution in [3.63, 3.8) is 0 Å².